The molecule has 5 rings (SSSR count). The fourth-order valence-corrected chi connectivity index (χ4v) is 6.19. The van der Waals surface area contributed by atoms with E-state index in [-0.39, 0.29) is 67.0 Å². The van der Waals surface area contributed by atoms with Crippen LogP contribution in [0.25, 0.3) is 0 Å². The number of hydrogen-bond donors (Lipinski definition) is 3. The Morgan fingerprint density at radius 3 is 2.52 bits per heavy atom. The van der Waals surface area contributed by atoms with Gasteiger partial charge in [-0.05, 0) is 37.0 Å². The number of nitrogens with one attached hydrogen (secondary N) is 3. The summed E-state index contributed by atoms with van der Waals surface area (Å²) in [5.41, 5.74) is 1.76. The van der Waals surface area contributed by atoms with Crippen LogP contribution in [0, 0.1) is 12.8 Å². The van der Waals surface area contributed by atoms with Crippen molar-refractivity contribution >= 4 is 35.0 Å². The molecule has 240 valence electrons. The topological polar surface area (TPSA) is 159 Å². The van der Waals surface area contributed by atoms with Gasteiger partial charge in [0.1, 0.15) is 22.5 Å². The third kappa shape index (κ3) is 8.02. The smallest absolute Gasteiger partial charge is 0.274 e. The van der Waals surface area contributed by atoms with Crippen LogP contribution in [0.1, 0.15) is 92.3 Å². The molecule has 1 aromatic carbocycles. The maximum Gasteiger partial charge on any atom is 0.274 e. The van der Waals surface area contributed by atoms with E-state index in [4.69, 9.17) is 4.42 Å². The number of benzene rings is 1. The zero-order valence-corrected chi connectivity index (χ0v) is 26.8. The Morgan fingerprint density at radius 2 is 1.78 bits per heavy atom. The van der Waals surface area contributed by atoms with Gasteiger partial charge in [0.05, 0.1) is 6.04 Å². The molecule has 0 fully saturated rings. The fraction of sp³-hybridized carbons (Fsp3) is 0.364. The Bertz CT molecular complexity index is 1670. The minimum atomic E-state index is -0.632. The Balaban J connectivity index is 1.45. The molecule has 0 saturated heterocycles. The van der Waals surface area contributed by atoms with E-state index in [1.54, 1.807) is 41.7 Å². The van der Waals surface area contributed by atoms with Gasteiger partial charge in [0.15, 0.2) is 5.69 Å². The molecule has 1 aliphatic heterocycles. The van der Waals surface area contributed by atoms with Gasteiger partial charge in [-0.25, -0.2) is 9.97 Å². The minimum Gasteiger partial charge on any atom is -0.443 e. The minimum absolute atomic E-state index is 0.0478. The van der Waals surface area contributed by atoms with E-state index < -0.39 is 18.0 Å². The molecule has 4 bridgehead atoms. The molecule has 0 aliphatic carbocycles. The van der Waals surface area contributed by atoms with Crippen LogP contribution in [-0.2, 0) is 11.2 Å². The van der Waals surface area contributed by atoms with E-state index in [9.17, 15) is 19.2 Å². The number of thiazole rings is 1. The highest BCUT2D eigenvalue weighted by atomic mass is 32.1. The number of hydrogen-bond acceptors (Lipinski definition) is 9. The lowest BCUT2D eigenvalue weighted by molar-refractivity contribution is -0.122. The summed E-state index contributed by atoms with van der Waals surface area (Å²) in [6.07, 6.45) is 3.99. The molecule has 13 heteroatoms. The molecule has 46 heavy (non-hydrogen) atoms. The first-order chi connectivity index (χ1) is 22.2. The van der Waals surface area contributed by atoms with E-state index in [0.717, 1.165) is 5.56 Å². The molecule has 2 atom stereocenters. The first-order valence-corrected chi connectivity index (χ1v) is 16.1. The van der Waals surface area contributed by atoms with Gasteiger partial charge in [-0.15, -0.1) is 11.3 Å². The van der Waals surface area contributed by atoms with Crippen molar-refractivity contribution in [2.45, 2.75) is 52.1 Å². The summed E-state index contributed by atoms with van der Waals surface area (Å²) in [6, 6.07) is 11.8. The first-order valence-electron chi connectivity index (χ1n) is 15.2. The van der Waals surface area contributed by atoms with Crippen LogP contribution in [0.4, 0.5) is 0 Å². The van der Waals surface area contributed by atoms with E-state index in [0.29, 0.717) is 29.2 Å². The van der Waals surface area contributed by atoms with Gasteiger partial charge < -0.3 is 25.3 Å². The van der Waals surface area contributed by atoms with Crippen molar-refractivity contribution in [1.82, 2.24) is 35.8 Å². The molecule has 3 N–H and O–H groups in total. The van der Waals surface area contributed by atoms with Gasteiger partial charge in [-0.3, -0.25) is 24.2 Å². The van der Waals surface area contributed by atoms with Crippen LogP contribution in [0.15, 0.2) is 64.7 Å². The molecule has 0 saturated carbocycles. The zero-order valence-electron chi connectivity index (χ0n) is 26.0. The van der Waals surface area contributed by atoms with Gasteiger partial charge in [0.2, 0.25) is 11.8 Å². The standard InChI is InChI=1S/C33H37N7O5S/c1-20(2)27-32-37-25(19-46-32)29(42)35-15-17-40(33(44)23-11-13-34-14-12-23)16-7-10-26(41)36-24(18-22-8-5-4-6-9-22)31-39-28(21(3)45-31)30(43)38-27/h4-6,8-9,11-14,19-20,24,27H,7,10,15-18H2,1-3H3,(H,35,42)(H,36,41)(H,38,43)/t24-,27-/m0/s1. The molecule has 4 heterocycles. The largest absolute Gasteiger partial charge is 0.443 e. The van der Waals surface area contributed by atoms with Crippen LogP contribution in [0.2, 0.25) is 0 Å². The number of fused-ring (bicyclic) bond motifs is 4. The molecular weight excluding hydrogens is 606 g/mol. The number of aromatic nitrogens is 3. The summed E-state index contributed by atoms with van der Waals surface area (Å²) in [4.78, 5) is 67.8. The number of nitrogens with zero attached hydrogens (tertiary/aromatic N) is 4. The van der Waals surface area contributed by atoms with Crippen molar-refractivity contribution < 1.29 is 23.6 Å². The molecule has 4 amide bonds. The molecule has 12 nitrogen and oxygen atoms in total. The average molecular weight is 644 g/mol. The van der Waals surface area contributed by atoms with E-state index in [2.05, 4.69) is 30.9 Å². The highest BCUT2D eigenvalue weighted by molar-refractivity contribution is 7.09. The monoisotopic (exact) mass is 643 g/mol. The van der Waals surface area contributed by atoms with Gasteiger partial charge in [0.25, 0.3) is 17.7 Å². The normalized spacial score (nSPS) is 18.4. The number of aryl methyl sites for hydroxylation is 1. The van der Waals surface area contributed by atoms with Crippen molar-refractivity contribution in [3.63, 3.8) is 0 Å². The summed E-state index contributed by atoms with van der Waals surface area (Å²) in [7, 11) is 0. The van der Waals surface area contributed by atoms with Crippen LogP contribution in [0.5, 0.6) is 0 Å². The highest BCUT2D eigenvalue weighted by Crippen LogP contribution is 2.27. The van der Waals surface area contributed by atoms with Crippen molar-refractivity contribution in [3.8, 4) is 0 Å². The third-order valence-electron chi connectivity index (χ3n) is 7.63. The SMILES string of the molecule is Cc1oc2nc1C(=O)N[C@@H](C(C)C)c1nc(cs1)C(=O)NCCN(C(=O)c1ccncc1)CCCC(=O)N[C@H]2Cc1ccccc1. The zero-order chi connectivity index (χ0) is 32.6. The molecule has 1 aliphatic rings. The second-order valence-electron chi connectivity index (χ2n) is 11.4. The summed E-state index contributed by atoms with van der Waals surface area (Å²) in [5.74, 6) is -0.812. The Kier molecular flexibility index (Phi) is 10.5. The fourth-order valence-electron chi connectivity index (χ4n) is 5.17. The van der Waals surface area contributed by atoms with E-state index in [1.165, 1.54) is 11.3 Å². The van der Waals surface area contributed by atoms with Crippen molar-refractivity contribution in [1.29, 1.82) is 0 Å². The van der Waals surface area contributed by atoms with Crippen LogP contribution < -0.4 is 16.0 Å². The van der Waals surface area contributed by atoms with Crippen LogP contribution >= 0.6 is 11.3 Å². The van der Waals surface area contributed by atoms with Gasteiger partial charge in [-0.1, -0.05) is 44.2 Å². The summed E-state index contributed by atoms with van der Waals surface area (Å²) >= 11 is 1.28. The molecule has 4 aromatic rings. The van der Waals surface area contributed by atoms with Crippen molar-refractivity contribution in [2.75, 3.05) is 19.6 Å². The third-order valence-corrected chi connectivity index (χ3v) is 8.56. The van der Waals surface area contributed by atoms with Gasteiger partial charge >= 0.3 is 0 Å². The molecule has 3 aromatic heterocycles. The van der Waals surface area contributed by atoms with Crippen LogP contribution in [0.3, 0.4) is 0 Å². The second kappa shape index (κ2) is 14.9. The first kappa shape index (κ1) is 32.5. The highest BCUT2D eigenvalue weighted by Gasteiger charge is 2.29. The summed E-state index contributed by atoms with van der Waals surface area (Å²) in [6.45, 7) is 6.25. The van der Waals surface area contributed by atoms with Crippen molar-refractivity contribution in [3.05, 3.63) is 99.4 Å². The quantitative estimate of drug-likeness (QED) is 0.301. The molecular formula is C33H37N7O5S. The summed E-state index contributed by atoms with van der Waals surface area (Å²) in [5, 5.41) is 11.1. The van der Waals surface area contributed by atoms with E-state index in [1.807, 2.05) is 44.2 Å². The second-order valence-corrected chi connectivity index (χ2v) is 12.3. The lowest BCUT2D eigenvalue weighted by Crippen LogP contribution is -2.40. The number of amides is 4. The Morgan fingerprint density at radius 1 is 1.02 bits per heavy atom. The lowest BCUT2D eigenvalue weighted by Gasteiger charge is -2.23. The molecule has 0 unspecified atom stereocenters. The van der Waals surface area contributed by atoms with Crippen molar-refractivity contribution in [2.24, 2.45) is 5.92 Å². The lowest BCUT2D eigenvalue weighted by atomic mass is 10.0. The Labute approximate surface area is 271 Å². The number of rotatable bonds is 4. The predicted octanol–water partition coefficient (Wildman–Crippen LogP) is 4.03. The maximum absolute atomic E-state index is 13.5. The Hall–Kier alpha value is -4.91. The van der Waals surface area contributed by atoms with Gasteiger partial charge in [-0.2, -0.15) is 0 Å². The van der Waals surface area contributed by atoms with E-state index >= 15 is 0 Å². The average Bonchev–Trinajstić information content (AvgIpc) is 3.70. The predicted molar refractivity (Wildman–Crippen MR) is 171 cm³/mol. The number of carbonyl (C=O) groups excluding carboxylic acids is 4. The number of carbonyl (C=O) groups is 4. The number of pyridine rings is 1. The maximum atomic E-state index is 13.5. The van der Waals surface area contributed by atoms with Gasteiger partial charge in [0, 0.05) is 55.8 Å². The van der Waals surface area contributed by atoms with Crippen LogP contribution in [-0.4, -0.2) is 63.1 Å². The molecule has 0 radical (unpaired) electrons. The molecule has 0 spiro atoms. The number of oxazole rings is 1. The summed E-state index contributed by atoms with van der Waals surface area (Å²) < 4.78 is 5.99.